The molecule has 6 nitrogen and oxygen atoms in total. The van der Waals surface area contributed by atoms with E-state index in [0.717, 1.165) is 14.4 Å². The van der Waals surface area contributed by atoms with Gasteiger partial charge in [0.2, 0.25) is 11.1 Å². The first-order valence-corrected chi connectivity index (χ1v) is 10.9. The first kappa shape index (κ1) is 18.4. The number of fused-ring (bicyclic) bond motifs is 3. The van der Waals surface area contributed by atoms with Crippen LogP contribution < -0.4 is 15.1 Å². The summed E-state index contributed by atoms with van der Waals surface area (Å²) in [5.74, 6) is 0.673. The van der Waals surface area contributed by atoms with Gasteiger partial charge in [0.15, 0.2) is 0 Å². The largest absolute Gasteiger partial charge is 0.325 e. The minimum atomic E-state index is -0.512. The summed E-state index contributed by atoms with van der Waals surface area (Å²) >= 11 is 6.48. The van der Waals surface area contributed by atoms with Gasteiger partial charge in [-0.2, -0.15) is 0 Å². The summed E-state index contributed by atoms with van der Waals surface area (Å²) in [6.45, 7) is 3.53. The number of hydrogen-bond acceptors (Lipinski definition) is 5. The van der Waals surface area contributed by atoms with Gasteiger partial charge >= 0.3 is 17.4 Å². The number of aromatic amines is 1. The van der Waals surface area contributed by atoms with Crippen LogP contribution in [0.25, 0.3) is 11.3 Å². The van der Waals surface area contributed by atoms with Crippen LogP contribution in [-0.2, 0) is 4.79 Å². The van der Waals surface area contributed by atoms with Gasteiger partial charge < -0.3 is 0 Å². The molecule has 0 saturated carbocycles. The molecule has 1 aliphatic rings. The van der Waals surface area contributed by atoms with Crippen molar-refractivity contribution >= 4 is 50.6 Å². The topological polar surface area (TPSA) is 69.9 Å². The molecule has 0 fully saturated rings. The Balaban J connectivity index is 2.07. The zero-order chi connectivity index (χ0) is 19.1. The third-order valence-corrected chi connectivity index (χ3v) is 6.64. The van der Waals surface area contributed by atoms with Gasteiger partial charge in [0.25, 0.3) is 0 Å². The lowest BCUT2D eigenvalue weighted by atomic mass is 10.0. The third-order valence-electron chi connectivity index (χ3n) is 4.23. The molecule has 0 saturated heterocycles. The number of amides is 1. The van der Waals surface area contributed by atoms with Crippen LogP contribution in [0, 0.1) is 0 Å². The predicted molar refractivity (Wildman–Crippen MR) is 110 cm³/mol. The number of rotatable bonds is 3. The number of H-pyrrole nitrogens is 1. The number of carbonyl (C=O) groups is 1. The Labute approximate surface area is 172 Å². The Kier molecular flexibility index (Phi) is 4.92. The molecule has 1 N–H and O–H groups in total. The normalized spacial score (nSPS) is 15.4. The molecule has 0 bridgehead atoms. The lowest BCUT2D eigenvalue weighted by Crippen LogP contribution is -2.60. The molecule has 1 unspecified atom stereocenters. The zero-order valence-corrected chi connectivity index (χ0v) is 17.8. The predicted octanol–water partition coefficient (Wildman–Crippen LogP) is 3.57. The molecule has 3 aromatic rings. The van der Waals surface area contributed by atoms with Crippen LogP contribution in [0.2, 0.25) is 0 Å². The number of nitrogens with zero attached hydrogens (tertiary/aromatic N) is 3. The highest BCUT2D eigenvalue weighted by atomic mass is 79.9. The van der Waals surface area contributed by atoms with Gasteiger partial charge in [-0.05, 0) is 50.6 Å². The Hall–Kier alpha value is -1.97. The van der Waals surface area contributed by atoms with Gasteiger partial charge in [-0.15, -0.1) is 11.3 Å². The van der Waals surface area contributed by atoms with E-state index in [1.807, 2.05) is 43.3 Å². The second-order valence-corrected chi connectivity index (χ2v) is 9.65. The highest BCUT2D eigenvalue weighted by molar-refractivity contribution is 9.11. The molecule has 1 aliphatic heterocycles. The summed E-state index contributed by atoms with van der Waals surface area (Å²) in [5.41, 5.74) is 1.65. The van der Waals surface area contributed by atoms with Crippen molar-refractivity contribution in [1.29, 1.82) is 0 Å². The second kappa shape index (κ2) is 7.21. The van der Waals surface area contributed by atoms with Crippen molar-refractivity contribution in [2.45, 2.75) is 25.2 Å². The van der Waals surface area contributed by atoms with E-state index in [-0.39, 0.29) is 11.5 Å². The Morgan fingerprint density at radius 1 is 1.37 bits per heavy atom. The highest BCUT2D eigenvalue weighted by Gasteiger charge is 2.45. The number of benzene rings is 1. The van der Waals surface area contributed by atoms with Crippen molar-refractivity contribution < 1.29 is 9.48 Å². The molecule has 0 aliphatic carbocycles. The Morgan fingerprint density at radius 2 is 2.15 bits per heavy atom. The zero-order valence-electron chi connectivity index (χ0n) is 14.6. The summed E-state index contributed by atoms with van der Waals surface area (Å²) in [6, 6.07) is 11.3. The van der Waals surface area contributed by atoms with Crippen LogP contribution in [0.4, 0.5) is 5.69 Å². The third kappa shape index (κ3) is 3.13. The van der Waals surface area contributed by atoms with Crippen LogP contribution in [0.5, 0.6) is 0 Å². The van der Waals surface area contributed by atoms with E-state index in [9.17, 15) is 9.59 Å². The van der Waals surface area contributed by atoms with Crippen LogP contribution in [-0.4, -0.2) is 21.7 Å². The molecular formula is C18H16BrN4O2S2+. The number of thiophene rings is 1. The number of nitrogens with one attached hydrogen (secondary N) is 1. The van der Waals surface area contributed by atoms with Crippen LogP contribution >= 0.6 is 39.0 Å². The van der Waals surface area contributed by atoms with Crippen molar-refractivity contribution in [3.63, 3.8) is 0 Å². The molecule has 1 amide bonds. The molecule has 9 heteroatoms. The van der Waals surface area contributed by atoms with E-state index in [1.165, 1.54) is 30.0 Å². The van der Waals surface area contributed by atoms with Gasteiger partial charge in [0.05, 0.1) is 19.9 Å². The second-order valence-electron chi connectivity index (χ2n) is 5.91. The van der Waals surface area contributed by atoms with Crippen molar-refractivity contribution in [2.24, 2.45) is 0 Å². The van der Waals surface area contributed by atoms with Crippen LogP contribution in [0.15, 0.2) is 50.1 Å². The smallest absolute Gasteiger partial charge is 0.291 e. The van der Waals surface area contributed by atoms with E-state index in [0.29, 0.717) is 22.1 Å². The van der Waals surface area contributed by atoms with Crippen molar-refractivity contribution in [1.82, 2.24) is 10.1 Å². The fourth-order valence-electron chi connectivity index (χ4n) is 3.24. The highest BCUT2D eigenvalue weighted by Crippen LogP contribution is 2.39. The number of carbonyl (C=O) groups excluding carboxylic acids is 1. The molecule has 4 rings (SSSR count). The van der Waals surface area contributed by atoms with Gasteiger partial charge in [0.1, 0.15) is 0 Å². The quantitative estimate of drug-likeness (QED) is 0.475. The summed E-state index contributed by atoms with van der Waals surface area (Å²) in [6.07, 6.45) is -0.512. The standard InChI is InChI=1S/C18H15BrN4O2S2/c1-3-26-18-20-16(25)15-11-6-4-5-7-12(11)22(10(2)24)17(23(15)21-18)13-8-9-14(19)27-13/h4-9,17H,3H2,1-2H3/p+1. The van der Waals surface area contributed by atoms with E-state index < -0.39 is 6.17 Å². The maximum absolute atomic E-state index is 12.9. The number of para-hydroxylation sites is 1. The molecule has 1 atom stereocenters. The molecule has 2 aromatic heterocycles. The molecule has 1 aromatic carbocycles. The molecule has 0 radical (unpaired) electrons. The fraction of sp³-hybridized carbons (Fsp3) is 0.222. The maximum atomic E-state index is 12.9. The van der Waals surface area contributed by atoms with Gasteiger partial charge in [-0.3, -0.25) is 14.6 Å². The number of hydrogen-bond donors (Lipinski definition) is 1. The summed E-state index contributed by atoms with van der Waals surface area (Å²) in [4.78, 5) is 31.1. The Morgan fingerprint density at radius 3 is 2.81 bits per heavy atom. The van der Waals surface area contributed by atoms with Crippen molar-refractivity contribution in [3.05, 3.63) is 55.4 Å². The monoisotopic (exact) mass is 463 g/mol. The minimum Gasteiger partial charge on any atom is -0.291 e. The number of thioether (sulfide) groups is 1. The van der Waals surface area contributed by atoms with Crippen molar-refractivity contribution in [3.8, 4) is 11.3 Å². The van der Waals surface area contributed by atoms with Gasteiger partial charge in [0, 0.05) is 12.0 Å². The lowest BCUT2D eigenvalue weighted by molar-refractivity contribution is -0.762. The first-order chi connectivity index (χ1) is 13.0. The lowest BCUT2D eigenvalue weighted by Gasteiger charge is -2.30. The molecule has 0 spiro atoms. The minimum absolute atomic E-state index is 0.109. The van der Waals surface area contributed by atoms with Gasteiger partial charge in [-0.25, -0.2) is 4.90 Å². The molecule has 3 heterocycles. The van der Waals surface area contributed by atoms with E-state index >= 15 is 0 Å². The van der Waals surface area contributed by atoms with Crippen LogP contribution in [0.1, 0.15) is 24.9 Å². The number of halogens is 1. The fourth-order valence-corrected chi connectivity index (χ4v) is 5.32. The average Bonchev–Trinajstić information content (AvgIpc) is 3.06. The number of anilines is 1. The maximum Gasteiger partial charge on any atom is 0.325 e. The van der Waals surface area contributed by atoms with Crippen LogP contribution in [0.3, 0.4) is 0 Å². The average molecular weight is 464 g/mol. The number of aromatic nitrogens is 3. The SMILES string of the molecule is CCSc1n[n+]2c(c(=O)[nH]1)-c1ccccc1N(C(C)=O)C2c1ccc(Br)s1. The summed E-state index contributed by atoms with van der Waals surface area (Å²) < 4.78 is 2.63. The van der Waals surface area contributed by atoms with E-state index in [4.69, 9.17) is 0 Å². The summed E-state index contributed by atoms with van der Waals surface area (Å²) in [7, 11) is 0. The molecule has 138 valence electrons. The Bertz CT molecular complexity index is 1090. The van der Waals surface area contributed by atoms with E-state index in [2.05, 4.69) is 26.0 Å². The van der Waals surface area contributed by atoms with Crippen molar-refractivity contribution in [2.75, 3.05) is 10.7 Å². The van der Waals surface area contributed by atoms with E-state index in [1.54, 1.807) is 9.58 Å². The molecule has 27 heavy (non-hydrogen) atoms. The first-order valence-electron chi connectivity index (χ1n) is 8.34. The molecular weight excluding hydrogens is 448 g/mol. The summed E-state index contributed by atoms with van der Waals surface area (Å²) in [5, 5.41) is 5.22. The van der Waals surface area contributed by atoms with Gasteiger partial charge in [-0.1, -0.05) is 30.8 Å².